The lowest BCUT2D eigenvalue weighted by Gasteiger charge is -2.15. The van der Waals surface area contributed by atoms with E-state index in [0.29, 0.717) is 5.92 Å². The molecule has 0 amide bonds. The fourth-order valence-corrected chi connectivity index (χ4v) is 1.82. The van der Waals surface area contributed by atoms with Gasteiger partial charge in [-0.15, -0.1) is 12.3 Å². The quantitative estimate of drug-likeness (QED) is 0.633. The first-order chi connectivity index (χ1) is 7.27. The van der Waals surface area contributed by atoms with E-state index in [0.717, 1.165) is 25.7 Å². The van der Waals surface area contributed by atoms with Crippen molar-refractivity contribution in [2.45, 2.75) is 38.5 Å². The van der Waals surface area contributed by atoms with Crippen molar-refractivity contribution < 1.29 is 4.39 Å². The van der Waals surface area contributed by atoms with Crippen LogP contribution in [0.3, 0.4) is 0 Å². The van der Waals surface area contributed by atoms with Crippen LogP contribution in [0.2, 0.25) is 0 Å². The summed E-state index contributed by atoms with van der Waals surface area (Å²) in [5.74, 6) is 2.97. The van der Waals surface area contributed by atoms with Crippen molar-refractivity contribution >= 4 is 0 Å². The zero-order valence-corrected chi connectivity index (χ0v) is 9.17. The lowest BCUT2D eigenvalue weighted by molar-refractivity contribution is 0.574. The highest BCUT2D eigenvalue weighted by Gasteiger charge is 2.09. The largest absolute Gasteiger partial charge is 0.207 e. The molecule has 0 bridgehead atoms. The molecule has 1 aromatic carbocycles. The van der Waals surface area contributed by atoms with Gasteiger partial charge in [-0.05, 0) is 36.5 Å². The second-order valence-corrected chi connectivity index (χ2v) is 3.78. The van der Waals surface area contributed by atoms with Gasteiger partial charge in [-0.1, -0.05) is 25.5 Å². The highest BCUT2D eigenvalue weighted by atomic mass is 19.1. The second kappa shape index (κ2) is 6.24. The average Bonchev–Trinajstić information content (AvgIpc) is 2.25. The molecule has 0 N–H and O–H groups in total. The molecule has 0 saturated heterocycles. The van der Waals surface area contributed by atoms with Crippen LogP contribution in [0, 0.1) is 18.2 Å². The van der Waals surface area contributed by atoms with E-state index in [2.05, 4.69) is 12.8 Å². The first kappa shape index (κ1) is 11.8. The molecule has 0 nitrogen and oxygen atoms in total. The summed E-state index contributed by atoms with van der Waals surface area (Å²) in [6, 6.07) is 6.78. The first-order valence-electron chi connectivity index (χ1n) is 5.46. The van der Waals surface area contributed by atoms with Gasteiger partial charge in [0.1, 0.15) is 5.82 Å². The molecule has 0 radical (unpaired) electrons. The van der Waals surface area contributed by atoms with E-state index >= 15 is 0 Å². The van der Waals surface area contributed by atoms with Crippen molar-refractivity contribution in [3.05, 3.63) is 35.6 Å². The second-order valence-electron chi connectivity index (χ2n) is 3.78. The summed E-state index contributed by atoms with van der Waals surface area (Å²) >= 11 is 0. The number of hydrogen-bond acceptors (Lipinski definition) is 0. The van der Waals surface area contributed by atoms with Crippen molar-refractivity contribution in [2.24, 2.45) is 0 Å². The van der Waals surface area contributed by atoms with Crippen LogP contribution in [0.1, 0.15) is 44.1 Å². The third kappa shape index (κ3) is 3.75. The molecule has 1 heteroatoms. The number of rotatable bonds is 5. The highest BCUT2D eigenvalue weighted by Crippen LogP contribution is 2.26. The molecule has 1 atom stereocenters. The fourth-order valence-electron chi connectivity index (χ4n) is 1.82. The Morgan fingerprint density at radius 3 is 2.47 bits per heavy atom. The SMILES string of the molecule is C#CCCC(CCC)c1ccc(F)cc1. The minimum atomic E-state index is -0.175. The average molecular weight is 204 g/mol. The molecule has 80 valence electrons. The Labute approximate surface area is 91.5 Å². The minimum Gasteiger partial charge on any atom is -0.207 e. The highest BCUT2D eigenvalue weighted by molar-refractivity contribution is 5.20. The van der Waals surface area contributed by atoms with Gasteiger partial charge in [0.15, 0.2) is 0 Å². The lowest BCUT2D eigenvalue weighted by Crippen LogP contribution is -1.98. The summed E-state index contributed by atoms with van der Waals surface area (Å²) < 4.78 is 12.8. The minimum absolute atomic E-state index is 0.175. The maximum Gasteiger partial charge on any atom is 0.123 e. The Hall–Kier alpha value is -1.29. The zero-order valence-electron chi connectivity index (χ0n) is 9.17. The van der Waals surface area contributed by atoms with Gasteiger partial charge in [0.05, 0.1) is 0 Å². The van der Waals surface area contributed by atoms with Crippen molar-refractivity contribution in [3.63, 3.8) is 0 Å². The van der Waals surface area contributed by atoms with Crippen molar-refractivity contribution in [1.29, 1.82) is 0 Å². The van der Waals surface area contributed by atoms with Crippen LogP contribution >= 0.6 is 0 Å². The van der Waals surface area contributed by atoms with Crippen LogP contribution in [-0.2, 0) is 0 Å². The topological polar surface area (TPSA) is 0 Å². The van der Waals surface area contributed by atoms with Crippen LogP contribution in [0.25, 0.3) is 0 Å². The maximum absolute atomic E-state index is 12.8. The van der Waals surface area contributed by atoms with Gasteiger partial charge in [-0.3, -0.25) is 0 Å². The molecule has 15 heavy (non-hydrogen) atoms. The van der Waals surface area contributed by atoms with Gasteiger partial charge in [0.2, 0.25) is 0 Å². The van der Waals surface area contributed by atoms with Crippen LogP contribution in [0.4, 0.5) is 4.39 Å². The maximum atomic E-state index is 12.8. The normalized spacial score (nSPS) is 12.1. The molecular formula is C14H17F. The predicted octanol–water partition coefficient (Wildman–Crippen LogP) is 4.12. The Balaban J connectivity index is 2.70. The van der Waals surface area contributed by atoms with Crippen molar-refractivity contribution in [2.75, 3.05) is 0 Å². The van der Waals surface area contributed by atoms with E-state index in [9.17, 15) is 4.39 Å². The molecule has 0 heterocycles. The van der Waals surface area contributed by atoms with Crippen LogP contribution in [0.15, 0.2) is 24.3 Å². The van der Waals surface area contributed by atoms with Gasteiger partial charge < -0.3 is 0 Å². The molecule has 0 aromatic heterocycles. The standard InChI is InChI=1S/C14H17F/c1-3-5-7-12(6-4-2)13-8-10-14(15)11-9-13/h1,8-12H,4-7H2,2H3. The van der Waals surface area contributed by atoms with Crippen molar-refractivity contribution in [1.82, 2.24) is 0 Å². The molecule has 0 aliphatic carbocycles. The Kier molecular flexibility index (Phi) is 4.90. The smallest absolute Gasteiger partial charge is 0.123 e. The molecule has 1 rings (SSSR count). The Morgan fingerprint density at radius 1 is 1.27 bits per heavy atom. The van der Waals surface area contributed by atoms with Gasteiger partial charge >= 0.3 is 0 Å². The van der Waals surface area contributed by atoms with E-state index < -0.39 is 0 Å². The number of benzene rings is 1. The summed E-state index contributed by atoms with van der Waals surface area (Å²) in [5.41, 5.74) is 1.20. The fraction of sp³-hybridized carbons (Fsp3) is 0.429. The summed E-state index contributed by atoms with van der Waals surface area (Å²) in [6.45, 7) is 2.16. The monoisotopic (exact) mass is 204 g/mol. The van der Waals surface area contributed by atoms with Crippen molar-refractivity contribution in [3.8, 4) is 12.3 Å². The Morgan fingerprint density at radius 2 is 1.93 bits per heavy atom. The van der Waals surface area contributed by atoms with Crippen LogP contribution in [0.5, 0.6) is 0 Å². The molecule has 0 spiro atoms. The number of halogens is 1. The van der Waals surface area contributed by atoms with Crippen LogP contribution < -0.4 is 0 Å². The summed E-state index contributed by atoms with van der Waals surface area (Å²) in [4.78, 5) is 0. The van der Waals surface area contributed by atoms with Gasteiger partial charge in [0.25, 0.3) is 0 Å². The first-order valence-corrected chi connectivity index (χ1v) is 5.46. The Bertz CT molecular complexity index is 318. The summed E-state index contributed by atoms with van der Waals surface area (Å²) in [7, 11) is 0. The molecule has 0 aliphatic heterocycles. The summed E-state index contributed by atoms with van der Waals surface area (Å²) in [5, 5.41) is 0. The number of hydrogen-bond donors (Lipinski definition) is 0. The van der Waals surface area contributed by atoms with E-state index in [1.165, 1.54) is 17.7 Å². The molecule has 1 aromatic rings. The van der Waals surface area contributed by atoms with Gasteiger partial charge in [-0.2, -0.15) is 0 Å². The van der Waals surface area contributed by atoms with E-state index in [1.54, 1.807) is 0 Å². The molecular weight excluding hydrogens is 187 g/mol. The third-order valence-electron chi connectivity index (χ3n) is 2.62. The van der Waals surface area contributed by atoms with Crippen LogP contribution in [-0.4, -0.2) is 0 Å². The number of terminal acetylenes is 1. The molecule has 1 unspecified atom stereocenters. The van der Waals surface area contributed by atoms with E-state index in [-0.39, 0.29) is 5.82 Å². The van der Waals surface area contributed by atoms with E-state index in [1.807, 2.05) is 12.1 Å². The van der Waals surface area contributed by atoms with Gasteiger partial charge in [0, 0.05) is 6.42 Å². The molecule has 0 aliphatic rings. The summed E-state index contributed by atoms with van der Waals surface area (Å²) in [6.07, 6.45) is 9.30. The zero-order chi connectivity index (χ0) is 11.1. The molecule has 0 fully saturated rings. The molecule has 0 saturated carbocycles. The lowest BCUT2D eigenvalue weighted by atomic mass is 9.90. The predicted molar refractivity (Wildman–Crippen MR) is 62.1 cm³/mol. The van der Waals surface area contributed by atoms with Gasteiger partial charge in [-0.25, -0.2) is 4.39 Å². The third-order valence-corrected chi connectivity index (χ3v) is 2.62. The van der Waals surface area contributed by atoms with E-state index in [4.69, 9.17) is 6.42 Å².